The van der Waals surface area contributed by atoms with Gasteiger partial charge in [-0.15, -0.1) is 0 Å². The predicted octanol–water partition coefficient (Wildman–Crippen LogP) is 11.9. The van der Waals surface area contributed by atoms with Gasteiger partial charge in [0, 0.05) is 0 Å². The van der Waals surface area contributed by atoms with E-state index in [0.717, 1.165) is 48.0 Å². The number of carbonyl (C=O) groups is 1. The molecule has 0 aliphatic heterocycles. The third-order valence-electron chi connectivity index (χ3n) is 8.45. The molecule has 3 aromatic rings. The molecule has 0 fully saturated rings. The zero-order valence-corrected chi connectivity index (χ0v) is 27.8. The average Bonchev–Trinajstić information content (AvgIpc) is 3.05. The number of hydrogen-bond donors (Lipinski definition) is 0. The first-order chi connectivity index (χ1) is 21.5. The standard InChI is InChI=1S/C40H56O4/c1-5-7-8-15-18-33(4)43-38-29-23-36(24-30-38)40(41)44-39-27-21-35(22-28-39)34-19-25-37(26-20-34)42-31-16-13-11-9-10-12-14-17-32(3)6-2/h19-30,32-33H,5-18,31H2,1-4H3/t32-,33+/m0/s1. The Morgan fingerprint density at radius 1 is 0.591 bits per heavy atom. The van der Waals surface area contributed by atoms with E-state index in [1.54, 1.807) is 12.1 Å². The lowest BCUT2D eigenvalue weighted by Gasteiger charge is -2.14. The van der Waals surface area contributed by atoms with Crippen LogP contribution in [0.2, 0.25) is 0 Å². The molecule has 0 bridgehead atoms. The predicted molar refractivity (Wildman–Crippen MR) is 184 cm³/mol. The van der Waals surface area contributed by atoms with Crippen molar-refractivity contribution in [1.29, 1.82) is 0 Å². The molecule has 240 valence electrons. The molecule has 0 saturated carbocycles. The van der Waals surface area contributed by atoms with Gasteiger partial charge in [0.25, 0.3) is 0 Å². The maximum absolute atomic E-state index is 12.7. The van der Waals surface area contributed by atoms with Gasteiger partial charge in [0.1, 0.15) is 17.2 Å². The van der Waals surface area contributed by atoms with Crippen LogP contribution in [-0.2, 0) is 0 Å². The topological polar surface area (TPSA) is 44.8 Å². The molecule has 44 heavy (non-hydrogen) atoms. The van der Waals surface area contributed by atoms with Crippen LogP contribution in [0, 0.1) is 5.92 Å². The molecule has 3 aromatic carbocycles. The van der Waals surface area contributed by atoms with E-state index in [0.29, 0.717) is 11.3 Å². The number of rotatable bonds is 22. The van der Waals surface area contributed by atoms with Crippen molar-refractivity contribution in [2.75, 3.05) is 6.61 Å². The number of ether oxygens (including phenoxy) is 3. The third kappa shape index (κ3) is 13.6. The molecule has 2 atom stereocenters. The molecule has 0 aliphatic carbocycles. The summed E-state index contributed by atoms with van der Waals surface area (Å²) < 4.78 is 17.6. The molecule has 0 amide bonds. The summed E-state index contributed by atoms with van der Waals surface area (Å²) in [5.41, 5.74) is 2.66. The van der Waals surface area contributed by atoms with Crippen molar-refractivity contribution in [3.63, 3.8) is 0 Å². The Kier molecular flexibility index (Phi) is 16.5. The van der Waals surface area contributed by atoms with Crippen LogP contribution >= 0.6 is 0 Å². The summed E-state index contributed by atoms with van der Waals surface area (Å²) in [6, 6.07) is 23.0. The minimum absolute atomic E-state index is 0.158. The summed E-state index contributed by atoms with van der Waals surface area (Å²) in [4.78, 5) is 12.7. The van der Waals surface area contributed by atoms with Crippen molar-refractivity contribution in [3.05, 3.63) is 78.4 Å². The van der Waals surface area contributed by atoms with Gasteiger partial charge in [-0.05, 0) is 91.8 Å². The van der Waals surface area contributed by atoms with Crippen LogP contribution in [0.15, 0.2) is 72.8 Å². The second-order valence-electron chi connectivity index (χ2n) is 12.4. The minimum atomic E-state index is -0.379. The Labute approximate surface area is 267 Å². The fourth-order valence-corrected chi connectivity index (χ4v) is 5.32. The zero-order valence-electron chi connectivity index (χ0n) is 27.8. The Morgan fingerprint density at radius 3 is 1.73 bits per heavy atom. The lowest BCUT2D eigenvalue weighted by Crippen LogP contribution is -2.12. The maximum Gasteiger partial charge on any atom is 0.343 e. The van der Waals surface area contributed by atoms with E-state index >= 15 is 0 Å². The Balaban J connectivity index is 1.34. The highest BCUT2D eigenvalue weighted by molar-refractivity contribution is 5.91. The van der Waals surface area contributed by atoms with Crippen LogP contribution in [0.1, 0.15) is 128 Å². The molecule has 0 unspecified atom stereocenters. The van der Waals surface area contributed by atoms with Crippen molar-refractivity contribution in [2.45, 2.75) is 124 Å². The summed E-state index contributed by atoms with van der Waals surface area (Å²) in [6.07, 6.45) is 17.9. The average molecular weight is 601 g/mol. The van der Waals surface area contributed by atoms with Gasteiger partial charge in [0.2, 0.25) is 0 Å². The van der Waals surface area contributed by atoms with Gasteiger partial charge in [0.15, 0.2) is 0 Å². The van der Waals surface area contributed by atoms with Crippen molar-refractivity contribution in [1.82, 2.24) is 0 Å². The van der Waals surface area contributed by atoms with E-state index in [1.165, 1.54) is 77.0 Å². The van der Waals surface area contributed by atoms with Crippen LogP contribution in [0.4, 0.5) is 0 Å². The van der Waals surface area contributed by atoms with Crippen LogP contribution in [0.25, 0.3) is 11.1 Å². The molecule has 0 radical (unpaired) electrons. The van der Waals surface area contributed by atoms with E-state index < -0.39 is 0 Å². The second kappa shape index (κ2) is 20.6. The molecule has 4 nitrogen and oxygen atoms in total. The van der Waals surface area contributed by atoms with E-state index in [2.05, 4.69) is 39.8 Å². The molecular formula is C40H56O4. The van der Waals surface area contributed by atoms with E-state index in [-0.39, 0.29) is 12.1 Å². The Bertz CT molecular complexity index is 1170. The molecular weight excluding hydrogens is 544 g/mol. The zero-order chi connectivity index (χ0) is 31.4. The molecule has 0 saturated heterocycles. The van der Waals surface area contributed by atoms with Crippen molar-refractivity contribution >= 4 is 5.97 Å². The third-order valence-corrected chi connectivity index (χ3v) is 8.45. The van der Waals surface area contributed by atoms with Crippen molar-refractivity contribution in [2.24, 2.45) is 5.92 Å². The van der Waals surface area contributed by atoms with Gasteiger partial charge >= 0.3 is 5.97 Å². The highest BCUT2D eigenvalue weighted by atomic mass is 16.5. The number of hydrogen-bond acceptors (Lipinski definition) is 4. The van der Waals surface area contributed by atoms with Crippen LogP contribution in [0.3, 0.4) is 0 Å². The highest BCUT2D eigenvalue weighted by Crippen LogP contribution is 2.26. The van der Waals surface area contributed by atoms with Gasteiger partial charge in [-0.2, -0.15) is 0 Å². The maximum atomic E-state index is 12.7. The fourth-order valence-electron chi connectivity index (χ4n) is 5.32. The smallest absolute Gasteiger partial charge is 0.343 e. The number of esters is 1. The largest absolute Gasteiger partial charge is 0.494 e. The van der Waals surface area contributed by atoms with Crippen molar-refractivity contribution in [3.8, 4) is 28.4 Å². The second-order valence-corrected chi connectivity index (χ2v) is 12.4. The van der Waals surface area contributed by atoms with Gasteiger partial charge in [-0.3, -0.25) is 0 Å². The van der Waals surface area contributed by atoms with Crippen LogP contribution in [0.5, 0.6) is 17.2 Å². The quantitative estimate of drug-likeness (QED) is 0.0654. The first kappa shape index (κ1) is 35.2. The van der Waals surface area contributed by atoms with Gasteiger partial charge in [0.05, 0.1) is 18.3 Å². The first-order valence-corrected chi connectivity index (χ1v) is 17.3. The number of benzene rings is 3. The van der Waals surface area contributed by atoms with Crippen LogP contribution < -0.4 is 14.2 Å². The number of carbonyl (C=O) groups excluding carboxylic acids is 1. The summed E-state index contributed by atoms with van der Waals surface area (Å²) >= 11 is 0. The summed E-state index contributed by atoms with van der Waals surface area (Å²) in [5, 5.41) is 0. The van der Waals surface area contributed by atoms with Gasteiger partial charge in [-0.1, -0.05) is 116 Å². The monoisotopic (exact) mass is 600 g/mol. The van der Waals surface area contributed by atoms with E-state index in [4.69, 9.17) is 14.2 Å². The lowest BCUT2D eigenvalue weighted by atomic mass is 10.00. The normalized spacial score (nSPS) is 12.5. The van der Waals surface area contributed by atoms with E-state index in [1.807, 2.05) is 48.5 Å². The summed E-state index contributed by atoms with van der Waals surface area (Å²) in [5.74, 6) is 2.70. The van der Waals surface area contributed by atoms with Crippen molar-refractivity contribution < 1.29 is 19.0 Å². The number of unbranched alkanes of at least 4 members (excludes halogenated alkanes) is 9. The highest BCUT2D eigenvalue weighted by Gasteiger charge is 2.11. The fraction of sp³-hybridized carbons (Fsp3) is 0.525. The Morgan fingerprint density at radius 2 is 1.11 bits per heavy atom. The SMILES string of the molecule is CCCCCC[C@@H](C)Oc1ccc(C(=O)Oc2ccc(-c3ccc(OCCCCCCCCC[C@@H](C)CC)cc3)cc2)cc1. The van der Waals surface area contributed by atoms with Gasteiger partial charge in [-0.25, -0.2) is 4.79 Å². The first-order valence-electron chi connectivity index (χ1n) is 17.3. The molecule has 4 heteroatoms. The molecule has 0 aliphatic rings. The van der Waals surface area contributed by atoms with Gasteiger partial charge < -0.3 is 14.2 Å². The lowest BCUT2D eigenvalue weighted by molar-refractivity contribution is 0.0734. The molecule has 0 N–H and O–H groups in total. The molecule has 0 aromatic heterocycles. The summed E-state index contributed by atoms with van der Waals surface area (Å²) in [6.45, 7) is 9.73. The minimum Gasteiger partial charge on any atom is -0.494 e. The summed E-state index contributed by atoms with van der Waals surface area (Å²) in [7, 11) is 0. The molecule has 0 spiro atoms. The molecule has 3 rings (SSSR count). The van der Waals surface area contributed by atoms with Crippen LogP contribution in [-0.4, -0.2) is 18.7 Å². The molecule has 0 heterocycles. The Hall–Kier alpha value is -3.27. The van der Waals surface area contributed by atoms with E-state index in [9.17, 15) is 4.79 Å².